The van der Waals surface area contributed by atoms with Gasteiger partial charge in [-0.2, -0.15) is 0 Å². The van der Waals surface area contributed by atoms with Crippen LogP contribution in [-0.2, 0) is 21.7 Å². The zero-order valence-electron chi connectivity index (χ0n) is 41.5. The fourth-order valence-electron chi connectivity index (χ4n) is 12.6. The smallest absolute Gasteiger partial charge is 0.227 e. The van der Waals surface area contributed by atoms with Crippen LogP contribution in [0.2, 0.25) is 0 Å². The van der Waals surface area contributed by atoms with Crippen molar-refractivity contribution in [3.8, 4) is 39.4 Å². The summed E-state index contributed by atoms with van der Waals surface area (Å²) in [6, 6.07) is 51.3. The minimum atomic E-state index is -0.202. The van der Waals surface area contributed by atoms with Gasteiger partial charge in [-0.15, -0.1) is 0 Å². The van der Waals surface area contributed by atoms with E-state index >= 15 is 0 Å². The predicted octanol–water partition coefficient (Wildman–Crippen LogP) is 15.8. The third kappa shape index (κ3) is 5.76. The fraction of sp³-hybridized carbons (Fsp3) is 0.234. The summed E-state index contributed by atoms with van der Waals surface area (Å²) in [5.41, 5.74) is 23.6. The Kier molecular flexibility index (Phi) is 8.29. The number of fused-ring (bicyclic) bond motifs is 14. The summed E-state index contributed by atoms with van der Waals surface area (Å²) >= 11 is 0. The lowest BCUT2D eigenvalue weighted by Crippen LogP contribution is -2.37. The fourth-order valence-corrected chi connectivity index (χ4v) is 12.6. The van der Waals surface area contributed by atoms with Gasteiger partial charge in [-0.25, -0.2) is 4.98 Å². The monoisotopic (exact) mass is 908 g/mol. The molecule has 8 aromatic carbocycles. The average molecular weight is 909 g/mol. The first-order valence-electron chi connectivity index (χ1n) is 25.1. The van der Waals surface area contributed by atoms with Crippen molar-refractivity contribution in [3.63, 3.8) is 0 Å². The number of nitrogens with zero attached hydrogens (tertiary/aromatic N) is 2. The van der Waals surface area contributed by atoms with E-state index in [1.807, 2.05) is 18.2 Å². The number of benzene rings is 8. The van der Waals surface area contributed by atoms with Crippen molar-refractivity contribution in [1.29, 1.82) is 0 Å². The molecule has 0 fully saturated rings. The molecule has 341 valence electrons. The van der Waals surface area contributed by atoms with Gasteiger partial charge in [-0.3, -0.25) is 0 Å². The van der Waals surface area contributed by atoms with Gasteiger partial charge in [-0.05, 0) is 140 Å². The van der Waals surface area contributed by atoms with Gasteiger partial charge >= 0.3 is 0 Å². The molecule has 1 N–H and O–H groups in total. The van der Waals surface area contributed by atoms with Gasteiger partial charge < -0.3 is 18.7 Å². The maximum absolute atomic E-state index is 7.33. The molecule has 0 unspecified atom stereocenters. The van der Waals surface area contributed by atoms with Crippen LogP contribution in [-0.4, -0.2) is 16.8 Å². The summed E-state index contributed by atoms with van der Waals surface area (Å²) in [7, 11) is 2.43. The Morgan fingerprint density at radius 2 is 1.33 bits per heavy atom. The Morgan fingerprint density at radius 3 is 2.10 bits per heavy atom. The molecule has 4 heterocycles. The number of oxazole rings is 1. The Bertz CT molecular complexity index is 4060. The van der Waals surface area contributed by atoms with Gasteiger partial charge in [0.1, 0.15) is 16.7 Å². The molecule has 6 heteroatoms. The molecule has 1 radical (unpaired) electrons. The minimum absolute atomic E-state index is 0.00167. The number of furan rings is 1. The summed E-state index contributed by atoms with van der Waals surface area (Å²) in [6.07, 6.45) is 2.25. The van der Waals surface area contributed by atoms with Crippen LogP contribution in [0.25, 0.3) is 94.2 Å². The quantitative estimate of drug-likeness (QED) is 0.179. The van der Waals surface area contributed by atoms with Gasteiger partial charge in [0, 0.05) is 55.8 Å². The van der Waals surface area contributed by atoms with E-state index in [9.17, 15) is 0 Å². The zero-order chi connectivity index (χ0) is 47.8. The molecule has 0 spiro atoms. The van der Waals surface area contributed by atoms with Gasteiger partial charge in [0.25, 0.3) is 0 Å². The molecule has 5 nitrogen and oxygen atoms in total. The lowest BCUT2D eigenvalue weighted by Gasteiger charge is -2.42. The van der Waals surface area contributed by atoms with Gasteiger partial charge in [-0.1, -0.05) is 141 Å². The van der Waals surface area contributed by atoms with Gasteiger partial charge in [0.2, 0.25) is 5.89 Å². The predicted molar refractivity (Wildman–Crippen MR) is 293 cm³/mol. The standard InChI is InChI=1S/C64H55BN3O2/c1-61(2,3)36-23-25-37(26-24-36)66-48-31-44-40(38-19-13-15-21-43(38)64(44,8)9)29-41(48)54-55-39-20-14-16-22-52(39)69-59(55)56-42-30-45-46(63(6,7)28-27-62(45,4)5)32-50(42)68-51-34-53-49(33-47(51)65-57(54)58(56)68)67-60(70-53)35-17-11-10-12-18-35/h10-26,29-34,66H,27-28H2,1-9H3. The zero-order valence-corrected chi connectivity index (χ0v) is 41.5. The van der Waals surface area contributed by atoms with E-state index in [-0.39, 0.29) is 21.7 Å². The van der Waals surface area contributed by atoms with Crippen molar-refractivity contribution < 1.29 is 8.83 Å². The number of rotatable bonds is 4. The Labute approximate surface area is 409 Å². The van der Waals surface area contributed by atoms with E-state index < -0.39 is 0 Å². The third-order valence-electron chi connectivity index (χ3n) is 16.7. The van der Waals surface area contributed by atoms with Gasteiger partial charge in [0.15, 0.2) is 12.9 Å². The summed E-state index contributed by atoms with van der Waals surface area (Å²) < 4.78 is 16.5. The highest BCUT2D eigenvalue weighted by Gasteiger charge is 2.41. The van der Waals surface area contributed by atoms with Gasteiger partial charge in [0.05, 0.1) is 16.4 Å². The molecule has 0 amide bonds. The van der Waals surface area contributed by atoms with E-state index in [0.717, 1.165) is 101 Å². The molecule has 0 atom stereocenters. The van der Waals surface area contributed by atoms with Crippen LogP contribution >= 0.6 is 0 Å². The first-order valence-corrected chi connectivity index (χ1v) is 25.1. The number of anilines is 2. The van der Waals surface area contributed by atoms with Crippen LogP contribution in [0, 0.1) is 0 Å². The lowest BCUT2D eigenvalue weighted by molar-refractivity contribution is 0.332. The summed E-state index contributed by atoms with van der Waals surface area (Å²) in [6.45, 7) is 21.3. The Morgan fingerprint density at radius 1 is 0.614 bits per heavy atom. The van der Waals surface area contributed by atoms with Crippen LogP contribution in [0.1, 0.15) is 103 Å². The highest BCUT2D eigenvalue weighted by molar-refractivity contribution is 6.74. The largest absolute Gasteiger partial charge is 0.455 e. The molecule has 3 aromatic heterocycles. The topological polar surface area (TPSA) is 56.1 Å². The third-order valence-corrected chi connectivity index (χ3v) is 16.7. The van der Waals surface area contributed by atoms with Crippen molar-refractivity contribution in [3.05, 3.63) is 167 Å². The van der Waals surface area contributed by atoms with E-state index in [2.05, 4.69) is 201 Å². The minimum Gasteiger partial charge on any atom is -0.455 e. The lowest BCUT2D eigenvalue weighted by atomic mass is 9.58. The van der Waals surface area contributed by atoms with Crippen molar-refractivity contribution in [2.75, 3.05) is 5.32 Å². The maximum atomic E-state index is 7.33. The number of hydrogen-bond acceptors (Lipinski definition) is 4. The second-order valence-corrected chi connectivity index (χ2v) is 23.3. The molecule has 11 aromatic rings. The molecule has 1 aliphatic heterocycles. The molecule has 0 bridgehead atoms. The first-order chi connectivity index (χ1) is 33.5. The molecule has 2 aliphatic carbocycles. The van der Waals surface area contributed by atoms with Crippen LogP contribution in [0.15, 0.2) is 148 Å². The number of aromatic nitrogens is 2. The van der Waals surface area contributed by atoms with E-state index in [4.69, 9.17) is 13.8 Å². The van der Waals surface area contributed by atoms with Crippen molar-refractivity contribution in [2.24, 2.45) is 0 Å². The van der Waals surface area contributed by atoms with E-state index in [0.29, 0.717) is 5.89 Å². The highest BCUT2D eigenvalue weighted by Crippen LogP contribution is 2.55. The second-order valence-electron chi connectivity index (χ2n) is 23.3. The van der Waals surface area contributed by atoms with Crippen molar-refractivity contribution in [1.82, 2.24) is 9.55 Å². The first kappa shape index (κ1) is 41.6. The highest BCUT2D eigenvalue weighted by atomic mass is 16.3. The number of para-hydroxylation sites is 1. The summed E-state index contributed by atoms with van der Waals surface area (Å²) in [5.74, 6) is 0.619. The van der Waals surface area contributed by atoms with Crippen molar-refractivity contribution >= 4 is 84.4 Å². The Balaban J connectivity index is 1.14. The number of nitrogens with one attached hydrogen (secondary N) is 1. The second kappa shape index (κ2) is 13.9. The molecule has 14 rings (SSSR count). The van der Waals surface area contributed by atoms with Crippen molar-refractivity contribution in [2.45, 2.75) is 96.8 Å². The van der Waals surface area contributed by atoms with E-state index in [1.54, 1.807) is 0 Å². The van der Waals surface area contributed by atoms with Crippen LogP contribution in [0.5, 0.6) is 0 Å². The Hall–Kier alpha value is -7.31. The normalized spacial score (nSPS) is 16.1. The molecule has 70 heavy (non-hydrogen) atoms. The SMILES string of the molecule is CC(C)(C)c1ccc(Nc2cc3c(cc2-c2c4c5c(c6cc7c(cc6n5-c5cc6oc(-c8ccccc8)nc6cc5[B]4)C(C)(C)CCC7(C)C)c4oc5ccccc5c24)-c2ccccc2C3(C)C)cc1. The van der Waals surface area contributed by atoms with Crippen LogP contribution in [0.3, 0.4) is 0 Å². The molecule has 0 saturated carbocycles. The van der Waals surface area contributed by atoms with Crippen LogP contribution in [0.4, 0.5) is 11.4 Å². The molecule has 3 aliphatic rings. The summed E-state index contributed by atoms with van der Waals surface area (Å²) in [4.78, 5) is 5.14. The average Bonchev–Trinajstić information content (AvgIpc) is 4.09. The summed E-state index contributed by atoms with van der Waals surface area (Å²) in [5, 5.41) is 8.63. The number of hydrogen-bond donors (Lipinski definition) is 1. The molecular formula is C64H55BN3O2. The molecular weight excluding hydrogens is 854 g/mol. The maximum Gasteiger partial charge on any atom is 0.227 e. The van der Waals surface area contributed by atoms with E-state index in [1.165, 1.54) is 49.8 Å². The van der Waals surface area contributed by atoms with Crippen LogP contribution < -0.4 is 16.2 Å². The molecule has 0 saturated heterocycles.